The third-order valence-electron chi connectivity index (χ3n) is 13.6. The van der Waals surface area contributed by atoms with Crippen LogP contribution in [0.4, 0.5) is 0 Å². The molecule has 0 amide bonds. The molecule has 0 heterocycles. The number of hydrogen-bond donors (Lipinski definition) is 3. The minimum Gasteiger partial charge on any atom is -0.469 e. The molecule has 0 aromatic rings. The highest BCUT2D eigenvalue weighted by Gasteiger charge is 2.66. The van der Waals surface area contributed by atoms with E-state index in [1.54, 1.807) is 0 Å². The topological polar surface area (TPSA) is 132 Å². The lowest BCUT2D eigenvalue weighted by Crippen LogP contribution is -2.63. The van der Waals surface area contributed by atoms with Crippen molar-refractivity contribution in [1.29, 1.82) is 0 Å². The summed E-state index contributed by atoms with van der Waals surface area (Å²) in [7, 11) is 1.51. The van der Waals surface area contributed by atoms with E-state index in [-0.39, 0.29) is 29.0 Å². The summed E-state index contributed by atoms with van der Waals surface area (Å²) in [5, 5.41) is 0. The molecule has 0 aromatic carbocycles. The van der Waals surface area contributed by atoms with E-state index in [0.29, 0.717) is 48.0 Å². The van der Waals surface area contributed by atoms with Crippen molar-refractivity contribution in [1.82, 2.24) is 0 Å². The van der Waals surface area contributed by atoms with Crippen molar-refractivity contribution in [2.45, 2.75) is 116 Å². The van der Waals surface area contributed by atoms with Gasteiger partial charge in [0.25, 0.3) is 0 Å². The summed E-state index contributed by atoms with van der Waals surface area (Å²) >= 11 is 5.83. The number of carbonyl (C=O) groups excluding carboxylic acids is 1. The highest BCUT2D eigenvalue weighted by atomic mass is 32.2. The third kappa shape index (κ3) is 11.7. The fourth-order valence-corrected chi connectivity index (χ4v) is 13.1. The molecule has 4 saturated carbocycles. The molecule has 4 aliphatic rings. The van der Waals surface area contributed by atoms with Crippen molar-refractivity contribution in [2.24, 2.45) is 63.5 Å². The van der Waals surface area contributed by atoms with E-state index in [2.05, 4.69) is 20.8 Å². The zero-order valence-electron chi connectivity index (χ0n) is 32.7. The molecule has 0 bridgehead atoms. The average molecular weight is 774 g/mol. The van der Waals surface area contributed by atoms with E-state index < -0.39 is 0 Å². The molecule has 4 rings (SSSR count). The molecule has 8 nitrogen and oxygen atoms in total. The average Bonchev–Trinajstić information content (AvgIpc) is 3.49. The predicted molar refractivity (Wildman–Crippen MR) is 219 cm³/mol. The quantitative estimate of drug-likeness (QED) is 0.0665. The Labute approximate surface area is 324 Å². The van der Waals surface area contributed by atoms with E-state index in [1.165, 1.54) is 26.4 Å². The molecule has 298 valence electrons. The summed E-state index contributed by atoms with van der Waals surface area (Å²) < 4.78 is 25.9. The van der Waals surface area contributed by atoms with Crippen LogP contribution < -0.4 is 17.2 Å². The molecule has 11 atom stereocenters. The second kappa shape index (κ2) is 22.7. The van der Waals surface area contributed by atoms with Gasteiger partial charge in [0.05, 0.1) is 25.4 Å². The fraction of sp³-hybridized carbons (Fsp3) is 0.975. The number of esters is 1. The van der Waals surface area contributed by atoms with E-state index >= 15 is 0 Å². The van der Waals surface area contributed by atoms with Crippen molar-refractivity contribution < 1.29 is 23.7 Å². The van der Waals surface area contributed by atoms with Crippen LogP contribution in [0.5, 0.6) is 0 Å². The summed E-state index contributed by atoms with van der Waals surface area (Å²) in [5.74, 6) is 9.56. The highest BCUT2D eigenvalue weighted by Crippen LogP contribution is 2.69. The largest absolute Gasteiger partial charge is 0.469 e. The number of methoxy groups -OCH3 is 1. The molecule has 6 N–H and O–H groups in total. The van der Waals surface area contributed by atoms with E-state index in [9.17, 15) is 4.79 Å². The molecular weight excluding hydrogens is 699 g/mol. The summed E-state index contributed by atoms with van der Waals surface area (Å²) in [6, 6.07) is 0. The Hall–Kier alpha value is 0.280. The smallest absolute Gasteiger partial charge is 0.305 e. The van der Waals surface area contributed by atoms with Crippen LogP contribution in [0.25, 0.3) is 0 Å². The zero-order chi connectivity index (χ0) is 36.7. The first-order valence-electron chi connectivity index (χ1n) is 20.5. The van der Waals surface area contributed by atoms with Gasteiger partial charge in [0.1, 0.15) is 0 Å². The summed E-state index contributed by atoms with van der Waals surface area (Å²) in [4.78, 5) is 12.2. The molecule has 4 fully saturated rings. The van der Waals surface area contributed by atoms with E-state index in [4.69, 9.17) is 36.1 Å². The van der Waals surface area contributed by atoms with Crippen molar-refractivity contribution >= 4 is 41.3 Å². The first-order valence-corrected chi connectivity index (χ1v) is 24.0. The van der Waals surface area contributed by atoms with Crippen molar-refractivity contribution in [3.63, 3.8) is 0 Å². The van der Waals surface area contributed by atoms with E-state index in [1.807, 2.05) is 35.3 Å². The normalized spacial score (nSPS) is 35.2. The van der Waals surface area contributed by atoms with Crippen LogP contribution in [0.2, 0.25) is 0 Å². The van der Waals surface area contributed by atoms with Gasteiger partial charge < -0.3 is 36.1 Å². The maximum absolute atomic E-state index is 12.2. The number of hydrogen-bond acceptors (Lipinski definition) is 11. The number of fused-ring (bicyclic) bond motifs is 5. The molecule has 0 saturated heterocycles. The number of nitrogens with two attached hydrogens (primary N) is 3. The molecule has 0 radical (unpaired) electrons. The second-order valence-corrected chi connectivity index (χ2v) is 20.1. The lowest BCUT2D eigenvalue weighted by molar-refractivity contribution is -0.227. The molecule has 0 spiro atoms. The van der Waals surface area contributed by atoms with Gasteiger partial charge in [0.15, 0.2) is 0 Å². The standard InChI is InChI=1S/C40H75N3O5S3/c1-29(8-11-37(44)45-4)32-9-10-33-38-34(28-36(40(32,33)3)48-19-7-22-51-25-16-43)39(2)13-12-31(46-17-5-20-49-23-14-41)26-30(39)27-35(38)47-18-6-21-50-24-15-42/h29-36,38H,5-28,41-43H2,1-4H3/t29?,30?,31-,32?,33?,34?,35?,36+,38?,39+,40-/m1/s1. The highest BCUT2D eigenvalue weighted by molar-refractivity contribution is 7.99. The summed E-state index contributed by atoms with van der Waals surface area (Å²) in [6.45, 7) is 12.3. The Bertz CT molecular complexity index is 1000. The molecular formula is C40H75N3O5S3. The predicted octanol–water partition coefficient (Wildman–Crippen LogP) is 6.86. The minimum atomic E-state index is -0.0950. The van der Waals surface area contributed by atoms with Gasteiger partial charge in [-0.05, 0) is 129 Å². The van der Waals surface area contributed by atoms with Gasteiger partial charge in [-0.1, -0.05) is 20.8 Å². The van der Waals surface area contributed by atoms with Crippen LogP contribution in [0.3, 0.4) is 0 Å². The van der Waals surface area contributed by atoms with Gasteiger partial charge in [-0.15, -0.1) is 0 Å². The van der Waals surface area contributed by atoms with Crippen LogP contribution in [0.1, 0.15) is 97.8 Å². The summed E-state index contributed by atoms with van der Waals surface area (Å²) in [6.07, 6.45) is 13.7. The molecule has 4 aliphatic carbocycles. The van der Waals surface area contributed by atoms with Crippen molar-refractivity contribution in [3.05, 3.63) is 0 Å². The lowest BCUT2D eigenvalue weighted by Gasteiger charge is -2.65. The van der Waals surface area contributed by atoms with Gasteiger partial charge in [-0.25, -0.2) is 0 Å². The first-order chi connectivity index (χ1) is 24.7. The SMILES string of the molecule is COC(=O)CCC(C)C1CCC2C3C(OCCCSCCN)CC4C[C@H](OCCCSCCN)CC[C@]4(C)C3C[C@H](OCCCSCCN)[C@]12C. The van der Waals surface area contributed by atoms with Crippen molar-refractivity contribution in [3.8, 4) is 0 Å². The van der Waals surface area contributed by atoms with Gasteiger partial charge in [-0.3, -0.25) is 4.79 Å². The number of thioether (sulfide) groups is 3. The summed E-state index contributed by atoms with van der Waals surface area (Å²) in [5.41, 5.74) is 17.6. The number of carbonyl (C=O) groups is 1. The maximum atomic E-state index is 12.2. The van der Waals surface area contributed by atoms with Crippen LogP contribution in [-0.4, -0.2) is 105 Å². The van der Waals surface area contributed by atoms with Gasteiger partial charge >= 0.3 is 5.97 Å². The Morgan fingerprint density at radius 1 is 0.765 bits per heavy atom. The third-order valence-corrected chi connectivity index (χ3v) is 16.9. The van der Waals surface area contributed by atoms with Gasteiger partial charge in [-0.2, -0.15) is 35.3 Å². The zero-order valence-corrected chi connectivity index (χ0v) is 35.1. The molecule has 0 aliphatic heterocycles. The second-order valence-electron chi connectivity index (χ2n) is 16.4. The van der Waals surface area contributed by atoms with E-state index in [0.717, 1.165) is 125 Å². The molecule has 0 aromatic heterocycles. The lowest BCUT2D eigenvalue weighted by atomic mass is 9.43. The maximum Gasteiger partial charge on any atom is 0.305 e. The fourth-order valence-electron chi connectivity index (χ4n) is 11.0. The number of rotatable bonds is 25. The van der Waals surface area contributed by atoms with Crippen LogP contribution in [0, 0.1) is 46.3 Å². The first kappa shape index (κ1) is 44.0. The Morgan fingerprint density at radius 3 is 1.98 bits per heavy atom. The van der Waals surface area contributed by atoms with Crippen LogP contribution in [0.15, 0.2) is 0 Å². The Kier molecular flexibility index (Phi) is 19.6. The Balaban J connectivity index is 1.56. The van der Waals surface area contributed by atoms with Gasteiger partial charge in [0.2, 0.25) is 0 Å². The Morgan fingerprint density at radius 2 is 1.37 bits per heavy atom. The van der Waals surface area contributed by atoms with Gasteiger partial charge in [0, 0.05) is 68.5 Å². The molecule has 7 unspecified atom stereocenters. The number of ether oxygens (including phenoxy) is 4. The van der Waals surface area contributed by atoms with Crippen LogP contribution >= 0.6 is 35.3 Å². The monoisotopic (exact) mass is 773 g/mol. The van der Waals surface area contributed by atoms with Crippen LogP contribution in [-0.2, 0) is 23.7 Å². The molecule has 51 heavy (non-hydrogen) atoms. The van der Waals surface area contributed by atoms with Crippen molar-refractivity contribution in [2.75, 3.05) is 81.1 Å². The molecule has 11 heteroatoms. The minimum absolute atomic E-state index is 0.0606.